The minimum Gasteiger partial charge on any atom is -0.387 e. The van der Waals surface area contributed by atoms with Gasteiger partial charge >= 0.3 is 0 Å². The molecule has 0 saturated carbocycles. The number of amidine groups is 1. The van der Waals surface area contributed by atoms with Crippen LogP contribution in [0.15, 0.2) is 0 Å². The van der Waals surface area contributed by atoms with Gasteiger partial charge < -0.3 is 5.73 Å². The summed E-state index contributed by atoms with van der Waals surface area (Å²) in [5.74, 6) is 0.675. The second kappa shape index (κ2) is 5.76. The molecule has 2 fully saturated rings. The molecule has 2 heterocycles. The van der Waals surface area contributed by atoms with Crippen LogP contribution in [-0.4, -0.2) is 49.0 Å². The summed E-state index contributed by atoms with van der Waals surface area (Å²) in [6.07, 6.45) is 3.39. The van der Waals surface area contributed by atoms with Gasteiger partial charge in [0, 0.05) is 32.1 Å². The maximum atomic E-state index is 12.5. The summed E-state index contributed by atoms with van der Waals surface area (Å²) in [5, 5.41) is 7.43. The lowest BCUT2D eigenvalue weighted by Crippen LogP contribution is -2.50. The molecule has 7 heteroatoms. The highest BCUT2D eigenvalue weighted by molar-refractivity contribution is 7.86. The van der Waals surface area contributed by atoms with E-state index in [1.807, 2.05) is 0 Å². The number of rotatable bonds is 3. The van der Waals surface area contributed by atoms with E-state index in [1.54, 1.807) is 8.61 Å². The number of nitrogens with one attached hydrogen (secondary N) is 1. The van der Waals surface area contributed by atoms with E-state index in [2.05, 4.69) is 6.92 Å². The summed E-state index contributed by atoms with van der Waals surface area (Å²) in [6, 6.07) is 0. The van der Waals surface area contributed by atoms with E-state index in [4.69, 9.17) is 11.1 Å². The fraction of sp³-hybridized carbons (Fsp3) is 0.917. The van der Waals surface area contributed by atoms with Crippen LogP contribution >= 0.6 is 0 Å². The smallest absolute Gasteiger partial charge is 0.281 e. The van der Waals surface area contributed by atoms with Gasteiger partial charge in [0.15, 0.2) is 0 Å². The number of hydrogen-bond acceptors (Lipinski definition) is 3. The van der Waals surface area contributed by atoms with Crippen molar-refractivity contribution in [3.05, 3.63) is 0 Å². The average molecular weight is 288 g/mol. The molecule has 0 spiro atoms. The van der Waals surface area contributed by atoms with Gasteiger partial charge in [-0.25, -0.2) is 0 Å². The second-order valence-corrected chi connectivity index (χ2v) is 7.67. The highest BCUT2D eigenvalue weighted by Gasteiger charge is 2.35. The maximum absolute atomic E-state index is 12.5. The zero-order valence-corrected chi connectivity index (χ0v) is 12.3. The molecule has 0 aromatic heterocycles. The number of nitrogens with zero attached hydrogens (tertiary/aromatic N) is 2. The molecule has 19 heavy (non-hydrogen) atoms. The Kier molecular flexibility index (Phi) is 4.47. The third-order valence-electron chi connectivity index (χ3n) is 4.17. The van der Waals surface area contributed by atoms with E-state index in [-0.39, 0.29) is 11.8 Å². The van der Waals surface area contributed by atoms with Crippen LogP contribution in [0, 0.1) is 17.2 Å². The van der Waals surface area contributed by atoms with Crippen molar-refractivity contribution in [2.24, 2.45) is 17.6 Å². The molecule has 1 atom stereocenters. The molecule has 0 aromatic carbocycles. The maximum Gasteiger partial charge on any atom is 0.281 e. The predicted molar refractivity (Wildman–Crippen MR) is 75.1 cm³/mol. The van der Waals surface area contributed by atoms with Crippen LogP contribution in [0.1, 0.15) is 32.6 Å². The third kappa shape index (κ3) is 3.27. The summed E-state index contributed by atoms with van der Waals surface area (Å²) in [4.78, 5) is 0. The SMILES string of the molecule is CC1CCCN(S(=O)(=O)N2CCC(C(=N)N)CC2)C1. The van der Waals surface area contributed by atoms with Gasteiger partial charge in [0.1, 0.15) is 0 Å². The molecule has 0 bridgehead atoms. The Balaban J connectivity index is 1.99. The zero-order chi connectivity index (χ0) is 14.0. The molecule has 2 rings (SSSR count). The Labute approximate surface area is 115 Å². The number of piperidine rings is 2. The minimum atomic E-state index is -3.31. The normalized spacial score (nSPS) is 28.4. The summed E-state index contributed by atoms with van der Waals surface area (Å²) < 4.78 is 28.2. The highest BCUT2D eigenvalue weighted by atomic mass is 32.2. The van der Waals surface area contributed by atoms with Gasteiger partial charge in [-0.1, -0.05) is 6.92 Å². The van der Waals surface area contributed by atoms with Crippen molar-refractivity contribution in [3.8, 4) is 0 Å². The molecule has 3 N–H and O–H groups in total. The first-order valence-corrected chi connectivity index (χ1v) is 8.40. The van der Waals surface area contributed by atoms with Gasteiger partial charge in [-0.3, -0.25) is 5.41 Å². The summed E-state index contributed by atoms with van der Waals surface area (Å²) in [6.45, 7) is 4.34. The Hall–Kier alpha value is -0.660. The van der Waals surface area contributed by atoms with E-state index < -0.39 is 10.2 Å². The molecule has 110 valence electrons. The van der Waals surface area contributed by atoms with Gasteiger partial charge in [0.05, 0.1) is 5.84 Å². The summed E-state index contributed by atoms with van der Waals surface area (Å²) in [5.41, 5.74) is 5.49. The van der Waals surface area contributed by atoms with E-state index in [1.165, 1.54) is 0 Å². The van der Waals surface area contributed by atoms with Crippen LogP contribution in [0.2, 0.25) is 0 Å². The number of hydrogen-bond donors (Lipinski definition) is 2. The number of nitrogens with two attached hydrogens (primary N) is 1. The van der Waals surface area contributed by atoms with Crippen LogP contribution in [0.3, 0.4) is 0 Å². The Bertz CT molecular complexity index is 429. The molecular weight excluding hydrogens is 264 g/mol. The summed E-state index contributed by atoms with van der Waals surface area (Å²) >= 11 is 0. The van der Waals surface area contributed by atoms with Crippen molar-refractivity contribution in [1.29, 1.82) is 5.41 Å². The fourth-order valence-electron chi connectivity index (χ4n) is 2.92. The first kappa shape index (κ1) is 14.7. The lowest BCUT2D eigenvalue weighted by atomic mass is 9.97. The molecular formula is C12H24N4O2S. The van der Waals surface area contributed by atoms with Crippen LogP contribution < -0.4 is 5.73 Å². The van der Waals surface area contributed by atoms with Crippen molar-refractivity contribution in [2.45, 2.75) is 32.6 Å². The van der Waals surface area contributed by atoms with Crippen LogP contribution in [0.5, 0.6) is 0 Å². The van der Waals surface area contributed by atoms with Gasteiger partial charge in [-0.2, -0.15) is 17.0 Å². The van der Waals surface area contributed by atoms with Gasteiger partial charge in [-0.05, 0) is 31.6 Å². The quantitative estimate of drug-likeness (QED) is 0.589. The fourth-order valence-corrected chi connectivity index (χ4v) is 4.72. The lowest BCUT2D eigenvalue weighted by Gasteiger charge is -2.37. The largest absolute Gasteiger partial charge is 0.387 e. The van der Waals surface area contributed by atoms with Crippen molar-refractivity contribution < 1.29 is 8.42 Å². The highest BCUT2D eigenvalue weighted by Crippen LogP contribution is 2.24. The Morgan fingerprint density at radius 3 is 2.32 bits per heavy atom. The van der Waals surface area contributed by atoms with Crippen molar-refractivity contribution in [3.63, 3.8) is 0 Å². The van der Waals surface area contributed by atoms with E-state index >= 15 is 0 Å². The van der Waals surface area contributed by atoms with E-state index in [9.17, 15) is 8.42 Å². The van der Waals surface area contributed by atoms with E-state index in [0.717, 1.165) is 12.8 Å². The molecule has 2 aliphatic rings. The molecule has 2 aliphatic heterocycles. The van der Waals surface area contributed by atoms with Crippen LogP contribution in [0.25, 0.3) is 0 Å². The summed E-state index contributed by atoms with van der Waals surface area (Å²) in [7, 11) is -3.31. The molecule has 0 aliphatic carbocycles. The van der Waals surface area contributed by atoms with Crippen LogP contribution in [-0.2, 0) is 10.2 Å². The molecule has 0 amide bonds. The monoisotopic (exact) mass is 288 g/mol. The van der Waals surface area contributed by atoms with E-state index in [0.29, 0.717) is 44.9 Å². The van der Waals surface area contributed by atoms with Gasteiger partial charge in [-0.15, -0.1) is 0 Å². The van der Waals surface area contributed by atoms with Gasteiger partial charge in [0.2, 0.25) is 0 Å². The van der Waals surface area contributed by atoms with Crippen molar-refractivity contribution in [2.75, 3.05) is 26.2 Å². The molecule has 6 nitrogen and oxygen atoms in total. The van der Waals surface area contributed by atoms with Crippen molar-refractivity contribution in [1.82, 2.24) is 8.61 Å². The predicted octanol–water partition coefficient (Wildman–Crippen LogP) is 0.611. The lowest BCUT2D eigenvalue weighted by molar-refractivity contribution is 0.240. The first-order chi connectivity index (χ1) is 8.91. The Morgan fingerprint density at radius 1 is 1.16 bits per heavy atom. The first-order valence-electron chi connectivity index (χ1n) is 7.00. The second-order valence-electron chi connectivity index (χ2n) is 5.74. The minimum absolute atomic E-state index is 0.0479. The van der Waals surface area contributed by atoms with Crippen molar-refractivity contribution >= 4 is 16.0 Å². The zero-order valence-electron chi connectivity index (χ0n) is 11.5. The molecule has 2 saturated heterocycles. The van der Waals surface area contributed by atoms with Crippen LogP contribution in [0.4, 0.5) is 0 Å². The Morgan fingerprint density at radius 2 is 1.79 bits per heavy atom. The molecule has 0 radical (unpaired) electrons. The standard InChI is InChI=1S/C12H24N4O2S/c1-10-3-2-6-16(9-10)19(17,18)15-7-4-11(5-8-15)12(13)14/h10-11H,2-9H2,1H3,(H3,13,14). The average Bonchev–Trinajstić information content (AvgIpc) is 2.39. The van der Waals surface area contributed by atoms with Gasteiger partial charge in [0.25, 0.3) is 10.2 Å². The molecule has 1 unspecified atom stereocenters. The topological polar surface area (TPSA) is 90.5 Å². The molecule has 0 aromatic rings. The third-order valence-corrected chi connectivity index (χ3v) is 6.17.